The number of hydrogen-bond acceptors (Lipinski definition) is 5. The van der Waals surface area contributed by atoms with Gasteiger partial charge in [-0.2, -0.15) is 8.78 Å². The maximum atomic E-state index is 13.7. The van der Waals surface area contributed by atoms with Gasteiger partial charge in [0.2, 0.25) is 5.91 Å². The molecule has 10 nitrogen and oxygen atoms in total. The first-order chi connectivity index (χ1) is 16.8. The van der Waals surface area contributed by atoms with Crippen LogP contribution in [0.15, 0.2) is 64.4 Å². The molecule has 12 heteroatoms. The minimum Gasteiger partial charge on any atom is -0.328 e. The summed E-state index contributed by atoms with van der Waals surface area (Å²) in [6.45, 7) is -3.29. The summed E-state index contributed by atoms with van der Waals surface area (Å²) < 4.78 is 31.8. The summed E-state index contributed by atoms with van der Waals surface area (Å²) in [6, 6.07) is 12.8. The van der Waals surface area contributed by atoms with Crippen LogP contribution in [0.1, 0.15) is 6.55 Å². The van der Waals surface area contributed by atoms with Gasteiger partial charge in [-0.1, -0.05) is 12.1 Å². The van der Waals surface area contributed by atoms with Gasteiger partial charge in [-0.25, -0.2) is 19.3 Å². The van der Waals surface area contributed by atoms with Crippen molar-refractivity contribution in [3.8, 4) is 11.4 Å². The van der Waals surface area contributed by atoms with E-state index in [1.165, 1.54) is 34.6 Å². The van der Waals surface area contributed by atoms with Gasteiger partial charge in [0.05, 0.1) is 17.4 Å². The monoisotopic (exact) mass is 479 g/mol. The Balaban J connectivity index is 1.41. The Morgan fingerprint density at radius 1 is 1.06 bits per heavy atom. The fraction of sp³-hybridized carbons (Fsp3) is 0.174. The molecule has 0 aliphatic rings. The first-order valence-electron chi connectivity index (χ1n) is 10.5. The minimum absolute atomic E-state index is 0.0959. The summed E-state index contributed by atoms with van der Waals surface area (Å²) in [5.41, 5.74) is 0.689. The molecule has 1 amide bonds. The highest BCUT2D eigenvalue weighted by atomic mass is 19.3. The molecule has 35 heavy (non-hydrogen) atoms. The molecule has 0 spiro atoms. The van der Waals surface area contributed by atoms with Crippen molar-refractivity contribution >= 4 is 33.8 Å². The van der Waals surface area contributed by atoms with Crippen LogP contribution >= 0.6 is 0 Å². The van der Waals surface area contributed by atoms with E-state index in [0.29, 0.717) is 22.3 Å². The number of nitrogens with zero attached hydrogens (tertiary/aromatic N) is 6. The Morgan fingerprint density at radius 2 is 1.77 bits per heavy atom. The average molecular weight is 479 g/mol. The number of aryl methyl sites for hydroxylation is 2. The largest absolute Gasteiger partial charge is 0.332 e. The molecule has 5 aromatic rings. The number of nitrogens with one attached hydrogen (secondary N) is 1. The van der Waals surface area contributed by atoms with E-state index in [9.17, 15) is 23.2 Å². The summed E-state index contributed by atoms with van der Waals surface area (Å²) in [6.07, 6.45) is 1.42. The molecule has 0 aliphatic carbocycles. The number of halogens is 2. The predicted molar refractivity (Wildman–Crippen MR) is 125 cm³/mol. The Labute approximate surface area is 195 Å². The van der Waals surface area contributed by atoms with Gasteiger partial charge in [-0.15, -0.1) is 0 Å². The second-order valence-electron chi connectivity index (χ2n) is 7.96. The second-order valence-corrected chi connectivity index (χ2v) is 7.96. The zero-order chi connectivity index (χ0) is 24.9. The van der Waals surface area contributed by atoms with Crippen molar-refractivity contribution in [2.45, 2.75) is 13.1 Å². The Bertz CT molecular complexity index is 1710. The quantitative estimate of drug-likeness (QED) is 0.417. The molecule has 3 aromatic heterocycles. The molecule has 5 rings (SSSR count). The van der Waals surface area contributed by atoms with E-state index in [4.69, 9.17) is 0 Å². The van der Waals surface area contributed by atoms with E-state index in [-0.39, 0.29) is 17.0 Å². The molecule has 1 N–H and O–H groups in total. The smallest absolute Gasteiger partial charge is 0.328 e. The molecule has 0 bridgehead atoms. The van der Waals surface area contributed by atoms with Crippen LogP contribution in [0.3, 0.4) is 0 Å². The van der Waals surface area contributed by atoms with Crippen LogP contribution in [0.2, 0.25) is 0 Å². The van der Waals surface area contributed by atoms with E-state index in [0.717, 1.165) is 9.13 Å². The van der Waals surface area contributed by atoms with Crippen LogP contribution in [-0.2, 0) is 25.4 Å². The fourth-order valence-electron chi connectivity index (χ4n) is 4.03. The van der Waals surface area contributed by atoms with Gasteiger partial charge in [-0.05, 0) is 36.4 Å². The van der Waals surface area contributed by atoms with Crippen molar-refractivity contribution in [1.82, 2.24) is 28.2 Å². The maximum absolute atomic E-state index is 13.7. The molecule has 0 saturated heterocycles. The first kappa shape index (κ1) is 22.2. The highest BCUT2D eigenvalue weighted by molar-refractivity contribution is 5.91. The molecular weight excluding hydrogens is 460 g/mol. The van der Waals surface area contributed by atoms with Crippen molar-refractivity contribution in [2.75, 3.05) is 5.32 Å². The minimum atomic E-state index is -2.78. The average Bonchev–Trinajstić information content (AvgIpc) is 3.42. The number of hydrogen-bond donors (Lipinski definition) is 1. The van der Waals surface area contributed by atoms with E-state index in [1.807, 2.05) is 0 Å². The summed E-state index contributed by atoms with van der Waals surface area (Å²) in [5, 5.41) is 2.62. The van der Waals surface area contributed by atoms with Crippen molar-refractivity contribution < 1.29 is 13.6 Å². The normalized spacial score (nSPS) is 11.6. The summed E-state index contributed by atoms with van der Waals surface area (Å²) in [5.74, 6) is -0.503. The van der Waals surface area contributed by atoms with E-state index in [2.05, 4.69) is 15.3 Å². The van der Waals surface area contributed by atoms with Crippen LogP contribution < -0.4 is 16.6 Å². The number of para-hydroxylation sites is 2. The van der Waals surface area contributed by atoms with Gasteiger partial charge < -0.3 is 9.88 Å². The van der Waals surface area contributed by atoms with Crippen molar-refractivity contribution in [1.29, 1.82) is 0 Å². The molecule has 0 atom stereocenters. The predicted octanol–water partition coefficient (Wildman–Crippen LogP) is 2.48. The first-order valence-corrected chi connectivity index (χ1v) is 10.5. The number of carbonyl (C=O) groups is 1. The number of anilines is 1. The topological polar surface area (TPSA) is 109 Å². The van der Waals surface area contributed by atoms with Crippen molar-refractivity contribution in [2.24, 2.45) is 14.1 Å². The maximum Gasteiger partial charge on any atom is 0.332 e. The molecule has 3 heterocycles. The van der Waals surface area contributed by atoms with Crippen molar-refractivity contribution in [3.63, 3.8) is 0 Å². The Morgan fingerprint density at radius 3 is 2.49 bits per heavy atom. The highest BCUT2D eigenvalue weighted by Gasteiger charge is 2.19. The molecule has 0 saturated carbocycles. The lowest BCUT2D eigenvalue weighted by atomic mass is 10.2. The molecule has 178 valence electrons. The lowest BCUT2D eigenvalue weighted by Gasteiger charge is -2.11. The van der Waals surface area contributed by atoms with Gasteiger partial charge >= 0.3 is 12.2 Å². The summed E-state index contributed by atoms with van der Waals surface area (Å²) in [7, 11) is 3.09. The van der Waals surface area contributed by atoms with Gasteiger partial charge in [0, 0.05) is 25.3 Å². The zero-order valence-electron chi connectivity index (χ0n) is 18.6. The van der Waals surface area contributed by atoms with Crippen molar-refractivity contribution in [3.05, 3.63) is 75.7 Å². The van der Waals surface area contributed by atoms with Crippen LogP contribution in [0, 0.1) is 0 Å². The number of aromatic nitrogens is 6. The molecule has 0 aliphatic heterocycles. The number of benzene rings is 2. The molecular formula is C23H19F2N7O3. The summed E-state index contributed by atoms with van der Waals surface area (Å²) in [4.78, 5) is 46.3. The van der Waals surface area contributed by atoms with Gasteiger partial charge in [0.25, 0.3) is 5.56 Å². The SMILES string of the molecule is Cn1cnc2c1c(=O)n(CC(=O)Nc1ccc(-c3nc4ccccc4n3C(F)F)cc1)c(=O)n2C. The van der Waals surface area contributed by atoms with Gasteiger partial charge in [0.15, 0.2) is 11.2 Å². The second kappa shape index (κ2) is 8.31. The third-order valence-electron chi connectivity index (χ3n) is 5.72. The van der Waals surface area contributed by atoms with Crippen LogP contribution in [-0.4, -0.2) is 34.1 Å². The number of rotatable bonds is 5. The lowest BCUT2D eigenvalue weighted by Crippen LogP contribution is -2.42. The summed E-state index contributed by atoms with van der Waals surface area (Å²) >= 11 is 0. The number of alkyl halides is 2. The third-order valence-corrected chi connectivity index (χ3v) is 5.72. The molecule has 2 aromatic carbocycles. The number of carbonyl (C=O) groups excluding carboxylic acids is 1. The van der Waals surface area contributed by atoms with E-state index >= 15 is 0 Å². The molecule has 0 fully saturated rings. The van der Waals surface area contributed by atoms with Crippen LogP contribution in [0.5, 0.6) is 0 Å². The fourth-order valence-corrected chi connectivity index (χ4v) is 4.03. The van der Waals surface area contributed by atoms with E-state index in [1.54, 1.807) is 43.4 Å². The standard InChI is InChI=1S/C23H19F2N7O3/c1-29-12-26-20-18(29)21(34)31(23(35)30(20)2)11-17(33)27-14-9-7-13(8-10-14)19-28-15-5-3-4-6-16(15)32(19)22(24)25/h3-10,12,22H,11H2,1-2H3,(H,27,33). The van der Waals surface area contributed by atoms with Gasteiger partial charge in [0.1, 0.15) is 12.4 Å². The van der Waals surface area contributed by atoms with Crippen LogP contribution in [0.4, 0.5) is 14.5 Å². The van der Waals surface area contributed by atoms with Crippen LogP contribution in [0.25, 0.3) is 33.6 Å². The lowest BCUT2D eigenvalue weighted by molar-refractivity contribution is -0.116. The zero-order valence-corrected chi connectivity index (χ0v) is 18.6. The van der Waals surface area contributed by atoms with Gasteiger partial charge in [-0.3, -0.25) is 18.7 Å². The highest BCUT2D eigenvalue weighted by Crippen LogP contribution is 2.30. The number of fused-ring (bicyclic) bond motifs is 2. The number of amides is 1. The number of imidazole rings is 2. The Hall–Kier alpha value is -4.61. The third kappa shape index (κ3) is 3.68. The van der Waals surface area contributed by atoms with E-state index < -0.39 is 30.3 Å². The Kier molecular flexibility index (Phi) is 5.27. The molecule has 0 radical (unpaired) electrons. The molecule has 0 unspecified atom stereocenters.